The lowest BCUT2D eigenvalue weighted by Gasteiger charge is -2.62. The SMILES string of the molecule is CC(C)CCCC(C)[C@H]1CCC2C3CC[C@H]4[C@H](C)[C@@H](O)CC[C@]4(C)C3CC[C@@]21C. The van der Waals surface area contributed by atoms with Gasteiger partial charge in [0.15, 0.2) is 0 Å². The molecule has 4 fully saturated rings. The quantitative estimate of drug-likeness (QED) is 0.499. The van der Waals surface area contributed by atoms with Crippen LogP contribution in [0, 0.1) is 58.2 Å². The minimum atomic E-state index is -0.0407. The van der Waals surface area contributed by atoms with Gasteiger partial charge in [-0.2, -0.15) is 0 Å². The van der Waals surface area contributed by atoms with E-state index in [1.165, 1.54) is 64.2 Å². The van der Waals surface area contributed by atoms with Crippen LogP contribution in [-0.4, -0.2) is 11.2 Å². The van der Waals surface area contributed by atoms with Gasteiger partial charge in [0.2, 0.25) is 0 Å². The Labute approximate surface area is 181 Å². The molecule has 0 radical (unpaired) electrons. The maximum absolute atomic E-state index is 10.5. The lowest BCUT2D eigenvalue weighted by atomic mass is 9.43. The van der Waals surface area contributed by atoms with Gasteiger partial charge in [0, 0.05) is 0 Å². The van der Waals surface area contributed by atoms with E-state index in [1.807, 2.05) is 0 Å². The maximum atomic E-state index is 10.5. The van der Waals surface area contributed by atoms with E-state index >= 15 is 0 Å². The molecule has 0 aliphatic heterocycles. The van der Waals surface area contributed by atoms with Crippen LogP contribution in [0.2, 0.25) is 0 Å². The molecule has 0 aromatic carbocycles. The van der Waals surface area contributed by atoms with Gasteiger partial charge >= 0.3 is 0 Å². The molecule has 4 aliphatic rings. The van der Waals surface area contributed by atoms with Gasteiger partial charge in [0.1, 0.15) is 0 Å². The molecule has 1 heteroatoms. The molecule has 4 aliphatic carbocycles. The largest absolute Gasteiger partial charge is 0.393 e. The molecule has 1 nitrogen and oxygen atoms in total. The topological polar surface area (TPSA) is 20.2 Å². The molecular weight excluding hydrogens is 352 g/mol. The molecule has 0 heterocycles. The highest BCUT2D eigenvalue weighted by Crippen LogP contribution is 2.68. The normalized spacial score (nSPS) is 50.7. The van der Waals surface area contributed by atoms with Gasteiger partial charge in [-0.25, -0.2) is 0 Å². The Morgan fingerprint density at radius 3 is 2.17 bits per heavy atom. The first-order valence-electron chi connectivity index (χ1n) is 13.4. The van der Waals surface area contributed by atoms with Gasteiger partial charge in [-0.1, -0.05) is 60.8 Å². The third-order valence-electron chi connectivity index (χ3n) is 11.4. The predicted molar refractivity (Wildman–Crippen MR) is 124 cm³/mol. The highest BCUT2D eigenvalue weighted by atomic mass is 16.3. The van der Waals surface area contributed by atoms with Crippen molar-refractivity contribution in [3.05, 3.63) is 0 Å². The van der Waals surface area contributed by atoms with Crippen molar-refractivity contribution < 1.29 is 5.11 Å². The molecule has 4 unspecified atom stereocenters. The standard InChI is InChI=1S/C28H50O/c1-18(2)8-7-9-19(3)22-12-13-24-21-10-11-23-20(4)26(29)15-17-28(23,6)25(21)14-16-27(22,24)5/h18-26,29H,7-17H2,1-6H3/t19?,20-,21?,22+,23-,24?,25?,26-,27+,28-/m0/s1. The highest BCUT2D eigenvalue weighted by Gasteiger charge is 2.61. The highest BCUT2D eigenvalue weighted by molar-refractivity contribution is 5.10. The van der Waals surface area contributed by atoms with Crippen molar-refractivity contribution in [2.75, 3.05) is 0 Å². The summed E-state index contributed by atoms with van der Waals surface area (Å²) in [6, 6.07) is 0. The summed E-state index contributed by atoms with van der Waals surface area (Å²) in [5.74, 6) is 6.92. The Morgan fingerprint density at radius 1 is 0.793 bits per heavy atom. The summed E-state index contributed by atoms with van der Waals surface area (Å²) in [5.41, 5.74) is 1.12. The second kappa shape index (κ2) is 8.14. The summed E-state index contributed by atoms with van der Waals surface area (Å²) in [4.78, 5) is 0. The van der Waals surface area contributed by atoms with Gasteiger partial charge in [0.25, 0.3) is 0 Å². The zero-order chi connectivity index (χ0) is 21.0. The predicted octanol–water partition coefficient (Wildman–Crippen LogP) is 7.71. The summed E-state index contributed by atoms with van der Waals surface area (Å²) in [7, 11) is 0. The first-order valence-corrected chi connectivity index (χ1v) is 13.4. The number of fused-ring (bicyclic) bond motifs is 5. The number of rotatable bonds is 5. The minimum absolute atomic E-state index is 0.0407. The van der Waals surface area contributed by atoms with Crippen molar-refractivity contribution in [3.63, 3.8) is 0 Å². The average molecular weight is 403 g/mol. The first kappa shape index (κ1) is 22.2. The zero-order valence-corrected chi connectivity index (χ0v) is 20.4. The Kier molecular flexibility index (Phi) is 6.22. The van der Waals surface area contributed by atoms with E-state index in [9.17, 15) is 5.11 Å². The van der Waals surface area contributed by atoms with Crippen LogP contribution in [0.15, 0.2) is 0 Å². The molecule has 10 atom stereocenters. The van der Waals surface area contributed by atoms with E-state index in [4.69, 9.17) is 0 Å². The van der Waals surface area contributed by atoms with Gasteiger partial charge in [-0.05, 0) is 110 Å². The average Bonchev–Trinajstić information content (AvgIpc) is 3.02. The molecule has 4 rings (SSSR count). The minimum Gasteiger partial charge on any atom is -0.393 e. The van der Waals surface area contributed by atoms with Crippen LogP contribution in [0.3, 0.4) is 0 Å². The van der Waals surface area contributed by atoms with Crippen LogP contribution >= 0.6 is 0 Å². The summed E-state index contributed by atoms with van der Waals surface area (Å²) in [5, 5.41) is 10.5. The third-order valence-corrected chi connectivity index (χ3v) is 11.4. The second-order valence-corrected chi connectivity index (χ2v) is 13.1. The monoisotopic (exact) mass is 402 g/mol. The van der Waals surface area contributed by atoms with E-state index in [0.29, 0.717) is 16.7 Å². The summed E-state index contributed by atoms with van der Waals surface area (Å²) in [6.07, 6.45) is 15.4. The molecule has 0 aromatic rings. The van der Waals surface area contributed by atoms with Crippen molar-refractivity contribution in [1.29, 1.82) is 0 Å². The number of aliphatic hydroxyl groups is 1. The maximum Gasteiger partial charge on any atom is 0.0568 e. The number of aliphatic hydroxyl groups excluding tert-OH is 1. The zero-order valence-electron chi connectivity index (χ0n) is 20.4. The van der Waals surface area contributed by atoms with Crippen LogP contribution in [0.4, 0.5) is 0 Å². The summed E-state index contributed by atoms with van der Waals surface area (Å²) < 4.78 is 0. The second-order valence-electron chi connectivity index (χ2n) is 13.1. The van der Waals surface area contributed by atoms with Crippen LogP contribution in [-0.2, 0) is 0 Å². The van der Waals surface area contributed by atoms with E-state index in [1.54, 1.807) is 0 Å². The molecule has 4 saturated carbocycles. The molecule has 168 valence electrons. The van der Waals surface area contributed by atoms with E-state index in [-0.39, 0.29) is 6.10 Å². The van der Waals surface area contributed by atoms with Crippen molar-refractivity contribution in [2.45, 2.75) is 118 Å². The van der Waals surface area contributed by atoms with Gasteiger partial charge in [-0.3, -0.25) is 0 Å². The van der Waals surface area contributed by atoms with Crippen LogP contribution in [0.25, 0.3) is 0 Å². The molecular formula is C28H50O. The third kappa shape index (κ3) is 3.64. The molecule has 0 spiro atoms. The van der Waals surface area contributed by atoms with Crippen molar-refractivity contribution in [3.8, 4) is 0 Å². The molecule has 1 N–H and O–H groups in total. The summed E-state index contributed by atoms with van der Waals surface area (Å²) in [6.45, 7) is 15.0. The van der Waals surface area contributed by atoms with E-state index in [2.05, 4.69) is 41.5 Å². The number of hydrogen-bond acceptors (Lipinski definition) is 1. The fourth-order valence-corrected chi connectivity index (χ4v) is 9.73. The van der Waals surface area contributed by atoms with Gasteiger partial charge < -0.3 is 5.11 Å². The fourth-order valence-electron chi connectivity index (χ4n) is 9.73. The van der Waals surface area contributed by atoms with Crippen LogP contribution in [0.1, 0.15) is 112 Å². The fraction of sp³-hybridized carbons (Fsp3) is 1.00. The van der Waals surface area contributed by atoms with E-state index in [0.717, 1.165) is 47.8 Å². The van der Waals surface area contributed by atoms with Gasteiger partial charge in [-0.15, -0.1) is 0 Å². The molecule has 29 heavy (non-hydrogen) atoms. The summed E-state index contributed by atoms with van der Waals surface area (Å²) >= 11 is 0. The van der Waals surface area contributed by atoms with Crippen molar-refractivity contribution in [1.82, 2.24) is 0 Å². The Bertz CT molecular complexity index is 569. The Hall–Kier alpha value is -0.0400. The molecule has 0 amide bonds. The Morgan fingerprint density at radius 2 is 1.45 bits per heavy atom. The molecule has 0 saturated heterocycles. The molecule has 0 bridgehead atoms. The van der Waals surface area contributed by atoms with Crippen molar-refractivity contribution in [2.24, 2.45) is 58.2 Å². The van der Waals surface area contributed by atoms with Gasteiger partial charge in [0.05, 0.1) is 6.10 Å². The Balaban J connectivity index is 1.48. The van der Waals surface area contributed by atoms with Crippen LogP contribution in [0.5, 0.6) is 0 Å². The van der Waals surface area contributed by atoms with Crippen molar-refractivity contribution >= 4 is 0 Å². The van der Waals surface area contributed by atoms with E-state index < -0.39 is 0 Å². The first-order chi connectivity index (χ1) is 13.7. The number of hydrogen-bond donors (Lipinski definition) is 1. The smallest absolute Gasteiger partial charge is 0.0568 e. The molecule has 0 aromatic heterocycles. The van der Waals surface area contributed by atoms with Crippen LogP contribution < -0.4 is 0 Å². The lowest BCUT2D eigenvalue weighted by Crippen LogP contribution is -2.56. The lowest BCUT2D eigenvalue weighted by molar-refractivity contribution is -0.149.